The minimum absolute atomic E-state index is 0.420. The number of aromatic amines is 1. The number of aromatic nitrogens is 3. The monoisotopic (exact) mass is 430 g/mol. The molecule has 0 unspecified atom stereocenters. The molecule has 0 bridgehead atoms. The summed E-state index contributed by atoms with van der Waals surface area (Å²) in [5, 5.41) is 11.7. The molecule has 4 rings (SSSR count). The van der Waals surface area contributed by atoms with E-state index in [1.807, 2.05) is 79.7 Å². The van der Waals surface area contributed by atoms with Gasteiger partial charge in [0, 0.05) is 5.56 Å². The van der Waals surface area contributed by atoms with Crippen molar-refractivity contribution < 1.29 is 9.47 Å². The third kappa shape index (κ3) is 4.73. The Balaban J connectivity index is 1.61. The summed E-state index contributed by atoms with van der Waals surface area (Å²) >= 11 is 5.38. The molecule has 0 aliphatic carbocycles. The van der Waals surface area contributed by atoms with Crippen molar-refractivity contribution in [3.8, 4) is 22.9 Å². The van der Waals surface area contributed by atoms with Crippen molar-refractivity contribution in [1.82, 2.24) is 14.9 Å². The van der Waals surface area contributed by atoms with Crippen molar-refractivity contribution in [2.24, 2.45) is 5.10 Å². The van der Waals surface area contributed by atoms with E-state index in [0.29, 0.717) is 28.7 Å². The minimum Gasteiger partial charge on any atom is -0.493 e. The Morgan fingerprint density at radius 2 is 1.81 bits per heavy atom. The Hall–Kier alpha value is -3.71. The van der Waals surface area contributed by atoms with E-state index in [0.717, 1.165) is 22.3 Å². The molecule has 1 N–H and O–H groups in total. The van der Waals surface area contributed by atoms with Gasteiger partial charge in [-0.05, 0) is 54.0 Å². The SMILES string of the molecule is COc1ccc(C=Nn2c(-c3ccccc3C)n[nH]c2=S)cc1OCc1ccccc1. The Morgan fingerprint density at radius 3 is 2.58 bits per heavy atom. The summed E-state index contributed by atoms with van der Waals surface area (Å²) in [5.41, 5.74) is 3.99. The highest BCUT2D eigenvalue weighted by Crippen LogP contribution is 2.28. The van der Waals surface area contributed by atoms with Gasteiger partial charge in [-0.2, -0.15) is 14.9 Å². The van der Waals surface area contributed by atoms with E-state index in [9.17, 15) is 0 Å². The van der Waals surface area contributed by atoms with Gasteiger partial charge in [0.25, 0.3) is 0 Å². The lowest BCUT2D eigenvalue weighted by atomic mass is 10.1. The van der Waals surface area contributed by atoms with Crippen LogP contribution >= 0.6 is 12.2 Å². The maximum Gasteiger partial charge on any atom is 0.216 e. The van der Waals surface area contributed by atoms with E-state index in [-0.39, 0.29) is 0 Å². The molecule has 4 aromatic rings. The second-order valence-corrected chi connectivity index (χ2v) is 7.29. The summed E-state index contributed by atoms with van der Waals surface area (Å²) in [6.07, 6.45) is 1.72. The summed E-state index contributed by atoms with van der Waals surface area (Å²) in [4.78, 5) is 0. The Morgan fingerprint density at radius 1 is 1.03 bits per heavy atom. The molecular weight excluding hydrogens is 408 g/mol. The number of aryl methyl sites for hydroxylation is 1. The zero-order valence-electron chi connectivity index (χ0n) is 17.3. The third-order valence-corrected chi connectivity index (χ3v) is 5.05. The maximum atomic E-state index is 5.99. The van der Waals surface area contributed by atoms with Gasteiger partial charge in [-0.15, -0.1) is 0 Å². The predicted molar refractivity (Wildman–Crippen MR) is 124 cm³/mol. The van der Waals surface area contributed by atoms with Gasteiger partial charge in [0.1, 0.15) is 6.61 Å². The molecule has 0 aliphatic heterocycles. The summed E-state index contributed by atoms with van der Waals surface area (Å²) in [5.74, 6) is 1.97. The molecule has 0 spiro atoms. The molecule has 7 heteroatoms. The molecule has 1 aromatic heterocycles. The normalized spacial score (nSPS) is 11.0. The summed E-state index contributed by atoms with van der Waals surface area (Å²) in [6, 6.07) is 23.6. The van der Waals surface area contributed by atoms with Crippen LogP contribution in [-0.4, -0.2) is 28.2 Å². The smallest absolute Gasteiger partial charge is 0.216 e. The fourth-order valence-electron chi connectivity index (χ4n) is 3.14. The minimum atomic E-state index is 0.420. The number of rotatable bonds is 7. The number of methoxy groups -OCH3 is 1. The van der Waals surface area contributed by atoms with Crippen molar-refractivity contribution in [2.45, 2.75) is 13.5 Å². The maximum absolute atomic E-state index is 5.99. The summed E-state index contributed by atoms with van der Waals surface area (Å²) in [7, 11) is 1.62. The van der Waals surface area contributed by atoms with Crippen LogP contribution in [0.4, 0.5) is 0 Å². The highest BCUT2D eigenvalue weighted by Gasteiger charge is 2.10. The first-order chi connectivity index (χ1) is 15.2. The largest absolute Gasteiger partial charge is 0.493 e. The molecule has 0 fully saturated rings. The number of benzene rings is 3. The highest BCUT2D eigenvalue weighted by molar-refractivity contribution is 7.71. The fraction of sp³-hybridized carbons (Fsp3) is 0.125. The van der Waals surface area contributed by atoms with Gasteiger partial charge in [0.15, 0.2) is 17.3 Å². The molecule has 0 saturated carbocycles. The molecule has 0 aliphatic rings. The number of nitrogens with one attached hydrogen (secondary N) is 1. The van der Waals surface area contributed by atoms with Gasteiger partial charge >= 0.3 is 0 Å². The molecule has 0 saturated heterocycles. The van der Waals surface area contributed by atoms with Crippen molar-refractivity contribution >= 4 is 18.4 Å². The topological polar surface area (TPSA) is 64.4 Å². The molecule has 1 heterocycles. The molecule has 156 valence electrons. The van der Waals surface area contributed by atoms with E-state index < -0.39 is 0 Å². The van der Waals surface area contributed by atoms with Gasteiger partial charge in [-0.1, -0.05) is 54.6 Å². The number of ether oxygens (including phenoxy) is 2. The van der Waals surface area contributed by atoms with Gasteiger partial charge in [0.05, 0.1) is 13.3 Å². The first-order valence-corrected chi connectivity index (χ1v) is 10.2. The zero-order chi connectivity index (χ0) is 21.6. The van der Waals surface area contributed by atoms with Crippen LogP contribution in [0.5, 0.6) is 11.5 Å². The quantitative estimate of drug-likeness (QED) is 0.316. The zero-order valence-corrected chi connectivity index (χ0v) is 18.1. The lowest BCUT2D eigenvalue weighted by Crippen LogP contribution is -1.99. The van der Waals surface area contributed by atoms with Gasteiger partial charge in [-0.25, -0.2) is 5.10 Å². The molecule has 0 amide bonds. The van der Waals surface area contributed by atoms with Gasteiger partial charge in [-0.3, -0.25) is 0 Å². The number of hydrogen-bond donors (Lipinski definition) is 1. The Kier molecular flexibility index (Phi) is 6.24. The van der Waals surface area contributed by atoms with Crippen molar-refractivity contribution in [3.05, 3.63) is 94.3 Å². The van der Waals surface area contributed by atoms with Crippen LogP contribution in [0.3, 0.4) is 0 Å². The average molecular weight is 431 g/mol. The number of nitrogens with zero attached hydrogens (tertiary/aromatic N) is 3. The molecular formula is C24H22N4O2S. The number of hydrogen-bond acceptors (Lipinski definition) is 5. The molecule has 6 nitrogen and oxygen atoms in total. The lowest BCUT2D eigenvalue weighted by molar-refractivity contribution is 0.284. The second-order valence-electron chi connectivity index (χ2n) is 6.91. The lowest BCUT2D eigenvalue weighted by Gasteiger charge is -2.11. The molecule has 0 radical (unpaired) electrons. The average Bonchev–Trinajstić information content (AvgIpc) is 3.17. The Bertz CT molecular complexity index is 1260. The van der Waals surface area contributed by atoms with Crippen molar-refractivity contribution in [3.63, 3.8) is 0 Å². The summed E-state index contributed by atoms with van der Waals surface area (Å²) < 4.78 is 13.5. The second kappa shape index (κ2) is 9.40. The van der Waals surface area contributed by atoms with Crippen LogP contribution in [0.1, 0.15) is 16.7 Å². The highest BCUT2D eigenvalue weighted by atomic mass is 32.1. The van der Waals surface area contributed by atoms with Crippen LogP contribution in [-0.2, 0) is 6.61 Å². The van der Waals surface area contributed by atoms with Crippen molar-refractivity contribution in [2.75, 3.05) is 7.11 Å². The third-order valence-electron chi connectivity index (χ3n) is 4.78. The van der Waals surface area contributed by atoms with Gasteiger partial charge < -0.3 is 9.47 Å². The van der Waals surface area contributed by atoms with Crippen LogP contribution in [0.15, 0.2) is 77.9 Å². The number of H-pyrrole nitrogens is 1. The van der Waals surface area contributed by atoms with E-state index in [1.165, 1.54) is 0 Å². The van der Waals surface area contributed by atoms with Crippen LogP contribution in [0.2, 0.25) is 0 Å². The standard InChI is InChI=1S/C24H22N4O2S/c1-17-8-6-7-11-20(17)23-26-27-24(31)28(23)25-15-19-12-13-21(29-2)22(14-19)30-16-18-9-4-3-5-10-18/h3-15H,16H2,1-2H3,(H,27,31). The first-order valence-electron chi connectivity index (χ1n) is 9.78. The fourth-order valence-corrected chi connectivity index (χ4v) is 3.32. The van der Waals surface area contributed by atoms with E-state index in [2.05, 4.69) is 15.3 Å². The molecule has 3 aromatic carbocycles. The van der Waals surface area contributed by atoms with E-state index in [1.54, 1.807) is 18.0 Å². The van der Waals surface area contributed by atoms with E-state index in [4.69, 9.17) is 21.7 Å². The molecule has 31 heavy (non-hydrogen) atoms. The first kappa shape index (κ1) is 20.6. The van der Waals surface area contributed by atoms with Crippen molar-refractivity contribution in [1.29, 1.82) is 0 Å². The Labute approximate surface area is 185 Å². The van der Waals surface area contributed by atoms with E-state index >= 15 is 0 Å². The van der Waals surface area contributed by atoms with Crippen LogP contribution in [0.25, 0.3) is 11.4 Å². The van der Waals surface area contributed by atoms with Crippen LogP contribution in [0, 0.1) is 11.7 Å². The summed E-state index contributed by atoms with van der Waals surface area (Å²) in [6.45, 7) is 2.48. The predicted octanol–water partition coefficient (Wildman–Crippen LogP) is 5.39. The molecule has 0 atom stereocenters. The van der Waals surface area contributed by atoms with Gasteiger partial charge in [0.2, 0.25) is 4.77 Å². The van der Waals surface area contributed by atoms with Crippen LogP contribution < -0.4 is 9.47 Å².